The second-order valence-corrected chi connectivity index (χ2v) is 10.3. The van der Waals surface area contributed by atoms with Gasteiger partial charge < -0.3 is 9.64 Å². The maximum Gasteiger partial charge on any atom is 0.316 e. The molecule has 3 fully saturated rings. The van der Waals surface area contributed by atoms with Gasteiger partial charge in [-0.1, -0.05) is 37.3 Å². The number of benzene rings is 2. The number of fused-ring (bicyclic) bond motifs is 5. The van der Waals surface area contributed by atoms with E-state index in [1.807, 2.05) is 31.2 Å². The quantitative estimate of drug-likeness (QED) is 0.279. The topological polar surface area (TPSA) is 84.0 Å². The molecule has 2 aromatic rings. The van der Waals surface area contributed by atoms with E-state index in [0.717, 1.165) is 24.1 Å². The molecular weight excluding hydrogens is 456 g/mol. The van der Waals surface area contributed by atoms with Crippen molar-refractivity contribution in [2.45, 2.75) is 33.1 Å². The Hall–Kier alpha value is -3.74. The van der Waals surface area contributed by atoms with Gasteiger partial charge in [0.1, 0.15) is 5.75 Å². The number of aryl methyl sites for hydroxylation is 2. The predicted molar refractivity (Wildman–Crippen MR) is 133 cm³/mol. The minimum Gasteiger partial charge on any atom is -0.426 e. The van der Waals surface area contributed by atoms with Crippen molar-refractivity contribution in [2.24, 2.45) is 29.6 Å². The fourth-order valence-corrected chi connectivity index (χ4v) is 6.45. The summed E-state index contributed by atoms with van der Waals surface area (Å²) >= 11 is 0. The molecule has 2 aromatic carbocycles. The number of nitrogens with zero attached hydrogens (tertiary/aromatic N) is 2. The van der Waals surface area contributed by atoms with Gasteiger partial charge in [0.2, 0.25) is 17.7 Å². The van der Waals surface area contributed by atoms with E-state index in [2.05, 4.69) is 12.2 Å². The first-order valence-electron chi connectivity index (χ1n) is 12.6. The lowest BCUT2D eigenvalue weighted by atomic mass is 9.85. The van der Waals surface area contributed by atoms with Gasteiger partial charge in [-0.15, -0.1) is 0 Å². The smallest absolute Gasteiger partial charge is 0.316 e. The molecule has 2 heterocycles. The molecule has 2 aliphatic heterocycles. The zero-order valence-corrected chi connectivity index (χ0v) is 20.3. The van der Waals surface area contributed by atoms with Gasteiger partial charge in [-0.05, 0) is 67.0 Å². The molecule has 2 aliphatic carbocycles. The number of carbonyl (C=O) groups is 4. The predicted octanol–water partition coefficient (Wildman–Crippen LogP) is 3.83. The van der Waals surface area contributed by atoms with E-state index < -0.39 is 11.9 Å². The zero-order chi connectivity index (χ0) is 25.1. The van der Waals surface area contributed by atoms with Gasteiger partial charge in [-0.3, -0.25) is 19.2 Å². The molecule has 2 bridgehead atoms. The van der Waals surface area contributed by atoms with Gasteiger partial charge in [-0.25, -0.2) is 4.90 Å². The maximum absolute atomic E-state index is 13.2. The number of allylic oxidation sites excluding steroid dienone is 2. The maximum atomic E-state index is 13.2. The SMILES string of the molecule is CCc1ccccc1N1C[C@@H](C(=O)Oc2ccc(N3C(=O)[C@@H]4[C@H](C3=O)[C@H]3C=C[C@H]4C3)c(C)c2)CC1=O. The van der Waals surface area contributed by atoms with Crippen LogP contribution in [-0.4, -0.2) is 30.2 Å². The summed E-state index contributed by atoms with van der Waals surface area (Å²) in [6.45, 7) is 4.12. The highest BCUT2D eigenvalue weighted by Crippen LogP contribution is 2.53. The molecule has 6 rings (SSSR count). The molecule has 4 aliphatic rings. The third kappa shape index (κ3) is 3.40. The van der Waals surface area contributed by atoms with E-state index in [0.29, 0.717) is 17.0 Å². The van der Waals surface area contributed by atoms with Gasteiger partial charge in [-0.2, -0.15) is 0 Å². The van der Waals surface area contributed by atoms with Crippen LogP contribution in [0.2, 0.25) is 0 Å². The Morgan fingerprint density at radius 3 is 2.33 bits per heavy atom. The first-order valence-corrected chi connectivity index (χ1v) is 12.6. The van der Waals surface area contributed by atoms with Crippen molar-refractivity contribution < 1.29 is 23.9 Å². The molecule has 0 aromatic heterocycles. The molecular formula is C29H28N2O5. The Bertz CT molecular complexity index is 1300. The molecule has 0 unspecified atom stereocenters. The van der Waals surface area contributed by atoms with Gasteiger partial charge in [0.15, 0.2) is 0 Å². The van der Waals surface area contributed by atoms with Crippen molar-refractivity contribution in [1.29, 1.82) is 0 Å². The second-order valence-electron chi connectivity index (χ2n) is 10.3. The van der Waals surface area contributed by atoms with Crippen LogP contribution in [0, 0.1) is 36.5 Å². The highest BCUT2D eigenvalue weighted by atomic mass is 16.5. The number of carbonyl (C=O) groups excluding carboxylic acids is 4. The lowest BCUT2D eigenvalue weighted by molar-refractivity contribution is -0.139. The number of imide groups is 1. The molecule has 0 radical (unpaired) electrons. The van der Waals surface area contributed by atoms with Crippen molar-refractivity contribution in [3.05, 3.63) is 65.7 Å². The van der Waals surface area contributed by atoms with Gasteiger partial charge in [0.25, 0.3) is 0 Å². The van der Waals surface area contributed by atoms with E-state index in [-0.39, 0.29) is 54.4 Å². The third-order valence-electron chi connectivity index (χ3n) is 8.22. The van der Waals surface area contributed by atoms with Crippen LogP contribution in [0.3, 0.4) is 0 Å². The van der Waals surface area contributed by atoms with Crippen molar-refractivity contribution in [1.82, 2.24) is 0 Å². The van der Waals surface area contributed by atoms with Crippen LogP contribution in [0.15, 0.2) is 54.6 Å². The van der Waals surface area contributed by atoms with Crippen LogP contribution in [0.4, 0.5) is 11.4 Å². The summed E-state index contributed by atoms with van der Waals surface area (Å²) < 4.78 is 5.64. The largest absolute Gasteiger partial charge is 0.426 e. The summed E-state index contributed by atoms with van der Waals surface area (Å²) in [4.78, 5) is 54.9. The van der Waals surface area contributed by atoms with Crippen molar-refractivity contribution in [2.75, 3.05) is 16.3 Å². The standard InChI is InChI=1S/C29H28N2O5/c1-3-17-6-4-5-7-23(17)30-15-20(14-24(30)32)29(35)36-21-10-11-22(16(2)12-21)31-27(33)25-18-8-9-19(13-18)26(25)28(31)34/h4-12,18-20,25-26H,3,13-15H2,1-2H3/t18-,19-,20-,25-,26+/m0/s1. The highest BCUT2D eigenvalue weighted by Gasteiger charge is 2.59. The van der Waals surface area contributed by atoms with Crippen LogP contribution >= 0.6 is 0 Å². The zero-order valence-electron chi connectivity index (χ0n) is 20.3. The molecule has 1 saturated carbocycles. The van der Waals surface area contributed by atoms with Crippen molar-refractivity contribution >= 4 is 35.1 Å². The summed E-state index contributed by atoms with van der Waals surface area (Å²) in [7, 11) is 0. The monoisotopic (exact) mass is 484 g/mol. The summed E-state index contributed by atoms with van der Waals surface area (Å²) in [5, 5.41) is 0. The molecule has 3 amide bonds. The average molecular weight is 485 g/mol. The lowest BCUT2D eigenvalue weighted by Gasteiger charge is -2.20. The number of amides is 3. The highest BCUT2D eigenvalue weighted by molar-refractivity contribution is 6.23. The number of esters is 1. The Morgan fingerprint density at radius 1 is 0.972 bits per heavy atom. The summed E-state index contributed by atoms with van der Waals surface area (Å²) in [6.07, 6.45) is 5.93. The summed E-state index contributed by atoms with van der Waals surface area (Å²) in [5.41, 5.74) is 3.12. The number of hydrogen-bond acceptors (Lipinski definition) is 5. The fourth-order valence-electron chi connectivity index (χ4n) is 6.45. The molecule has 7 heteroatoms. The van der Waals surface area contributed by atoms with Crippen LogP contribution < -0.4 is 14.5 Å². The fraction of sp³-hybridized carbons (Fsp3) is 0.379. The molecule has 184 valence electrons. The molecule has 2 saturated heterocycles. The number of ether oxygens (including phenoxy) is 1. The number of rotatable bonds is 5. The van der Waals surface area contributed by atoms with Crippen LogP contribution in [-0.2, 0) is 25.6 Å². The lowest BCUT2D eigenvalue weighted by Crippen LogP contribution is -2.33. The van der Waals surface area contributed by atoms with Crippen LogP contribution in [0.25, 0.3) is 0 Å². The van der Waals surface area contributed by atoms with E-state index in [1.165, 1.54) is 4.90 Å². The molecule has 0 spiro atoms. The summed E-state index contributed by atoms with van der Waals surface area (Å²) in [6, 6.07) is 12.7. The number of anilines is 2. The van der Waals surface area contributed by atoms with Crippen molar-refractivity contribution in [3.8, 4) is 5.75 Å². The normalized spacial score (nSPS) is 28.4. The molecule has 0 N–H and O–H groups in total. The first kappa shape index (κ1) is 22.7. The Balaban J connectivity index is 1.16. The van der Waals surface area contributed by atoms with E-state index in [1.54, 1.807) is 30.0 Å². The van der Waals surface area contributed by atoms with Gasteiger partial charge in [0, 0.05) is 18.7 Å². The Labute approximate surface area is 209 Å². The van der Waals surface area contributed by atoms with Crippen LogP contribution in [0.1, 0.15) is 30.9 Å². The minimum absolute atomic E-state index is 0.0931. The van der Waals surface area contributed by atoms with Crippen molar-refractivity contribution in [3.63, 3.8) is 0 Å². The van der Waals surface area contributed by atoms with E-state index >= 15 is 0 Å². The molecule has 36 heavy (non-hydrogen) atoms. The van der Waals surface area contributed by atoms with Gasteiger partial charge in [0.05, 0.1) is 23.4 Å². The second kappa shape index (κ2) is 8.43. The summed E-state index contributed by atoms with van der Waals surface area (Å²) in [5.74, 6) is -1.26. The Kier molecular flexibility index (Phi) is 5.32. The number of hydrogen-bond donors (Lipinski definition) is 0. The van der Waals surface area contributed by atoms with E-state index in [9.17, 15) is 19.2 Å². The minimum atomic E-state index is -0.563. The molecule has 5 atom stereocenters. The van der Waals surface area contributed by atoms with E-state index in [4.69, 9.17) is 4.74 Å². The van der Waals surface area contributed by atoms with Crippen LogP contribution in [0.5, 0.6) is 5.75 Å². The first-order chi connectivity index (χ1) is 17.4. The number of para-hydroxylation sites is 1. The Morgan fingerprint density at radius 2 is 1.67 bits per heavy atom. The third-order valence-corrected chi connectivity index (χ3v) is 8.22. The van der Waals surface area contributed by atoms with Gasteiger partial charge >= 0.3 is 5.97 Å². The molecule has 7 nitrogen and oxygen atoms in total. The average Bonchev–Trinajstić information content (AvgIpc) is 3.63.